The second-order valence-corrected chi connectivity index (χ2v) is 5.67. The minimum atomic E-state index is -3.06. The molecule has 14 heavy (non-hydrogen) atoms. The average Bonchev–Trinajstić information content (AvgIpc) is 2.51. The van der Waals surface area contributed by atoms with E-state index in [2.05, 4.69) is 9.62 Å². The molecule has 84 valence electrons. The molecule has 0 aliphatic carbocycles. The van der Waals surface area contributed by atoms with Gasteiger partial charge in [-0.15, -0.1) is 0 Å². The highest BCUT2D eigenvalue weighted by Gasteiger charge is 2.19. The van der Waals surface area contributed by atoms with Crippen LogP contribution in [0.4, 0.5) is 0 Å². The molecule has 0 aromatic rings. The van der Waals surface area contributed by atoms with E-state index < -0.39 is 10.0 Å². The van der Waals surface area contributed by atoms with E-state index in [4.69, 9.17) is 0 Å². The second kappa shape index (κ2) is 5.06. The molecule has 6 heteroatoms. The zero-order valence-corrected chi connectivity index (χ0v) is 9.26. The van der Waals surface area contributed by atoms with Crippen LogP contribution >= 0.6 is 0 Å². The fourth-order valence-electron chi connectivity index (χ4n) is 1.60. The van der Waals surface area contributed by atoms with Crippen LogP contribution in [0, 0.1) is 0 Å². The predicted octanol–water partition coefficient (Wildman–Crippen LogP) is -1.01. The van der Waals surface area contributed by atoms with Gasteiger partial charge in [-0.25, -0.2) is 13.1 Å². The predicted molar refractivity (Wildman–Crippen MR) is 54.5 cm³/mol. The molecule has 1 rings (SSSR count). The molecule has 1 saturated heterocycles. The van der Waals surface area contributed by atoms with Crippen LogP contribution in [-0.2, 0) is 10.0 Å². The summed E-state index contributed by atoms with van der Waals surface area (Å²) in [5.74, 6) is 0.163. The maximum Gasteiger partial charge on any atom is 0.211 e. The highest BCUT2D eigenvalue weighted by atomic mass is 32.2. The molecule has 0 aromatic carbocycles. The third kappa shape index (κ3) is 3.91. The molecule has 1 aliphatic rings. The van der Waals surface area contributed by atoms with Crippen molar-refractivity contribution in [2.75, 3.05) is 32.4 Å². The van der Waals surface area contributed by atoms with Crippen LogP contribution in [0.1, 0.15) is 12.8 Å². The monoisotopic (exact) mass is 222 g/mol. The van der Waals surface area contributed by atoms with Gasteiger partial charge in [-0.2, -0.15) is 0 Å². The normalized spacial score (nSPS) is 24.3. The van der Waals surface area contributed by atoms with E-state index in [0.29, 0.717) is 13.0 Å². The summed E-state index contributed by atoms with van der Waals surface area (Å²) in [7, 11) is -1.64. The van der Waals surface area contributed by atoms with Crippen LogP contribution < -0.4 is 4.72 Å². The maximum absolute atomic E-state index is 11.1. The van der Waals surface area contributed by atoms with Gasteiger partial charge in [0.1, 0.15) is 0 Å². The summed E-state index contributed by atoms with van der Waals surface area (Å²) < 4.78 is 24.4. The van der Waals surface area contributed by atoms with E-state index in [1.54, 1.807) is 0 Å². The van der Waals surface area contributed by atoms with Crippen molar-refractivity contribution in [2.24, 2.45) is 0 Å². The SMILES string of the molecule is CNS(=O)(=O)CCCN1CC[C@H](O)C1. The van der Waals surface area contributed by atoms with Crippen molar-refractivity contribution >= 4 is 10.0 Å². The van der Waals surface area contributed by atoms with Crippen LogP contribution in [0.15, 0.2) is 0 Å². The van der Waals surface area contributed by atoms with Crippen LogP contribution in [0.3, 0.4) is 0 Å². The standard InChI is InChI=1S/C8H18N2O3S/c1-9-14(12,13)6-2-4-10-5-3-8(11)7-10/h8-9,11H,2-7H2,1H3/t8-/m0/s1. The van der Waals surface area contributed by atoms with Crippen molar-refractivity contribution in [2.45, 2.75) is 18.9 Å². The quantitative estimate of drug-likeness (QED) is 0.625. The Labute approximate surface area is 85.2 Å². The van der Waals surface area contributed by atoms with Crippen molar-refractivity contribution in [3.8, 4) is 0 Å². The number of aliphatic hydroxyl groups is 1. The van der Waals surface area contributed by atoms with Gasteiger partial charge < -0.3 is 10.0 Å². The lowest BCUT2D eigenvalue weighted by Gasteiger charge is -2.14. The first-order chi connectivity index (χ1) is 6.53. The van der Waals surface area contributed by atoms with Crippen LogP contribution in [-0.4, -0.2) is 57.0 Å². The first-order valence-electron chi connectivity index (χ1n) is 4.85. The van der Waals surface area contributed by atoms with E-state index in [1.807, 2.05) is 0 Å². The highest BCUT2D eigenvalue weighted by molar-refractivity contribution is 7.89. The van der Waals surface area contributed by atoms with Gasteiger partial charge in [0.05, 0.1) is 11.9 Å². The van der Waals surface area contributed by atoms with Crippen LogP contribution in [0.5, 0.6) is 0 Å². The van der Waals surface area contributed by atoms with Crippen molar-refractivity contribution < 1.29 is 13.5 Å². The van der Waals surface area contributed by atoms with E-state index in [1.165, 1.54) is 7.05 Å². The summed E-state index contributed by atoms with van der Waals surface area (Å²) in [4.78, 5) is 2.09. The zero-order valence-electron chi connectivity index (χ0n) is 8.44. The van der Waals surface area contributed by atoms with E-state index >= 15 is 0 Å². The van der Waals surface area contributed by atoms with Crippen LogP contribution in [0.2, 0.25) is 0 Å². The van der Waals surface area contributed by atoms with Gasteiger partial charge in [-0.3, -0.25) is 0 Å². The van der Waals surface area contributed by atoms with Gasteiger partial charge in [0.15, 0.2) is 0 Å². The average molecular weight is 222 g/mol. The van der Waals surface area contributed by atoms with Gasteiger partial charge in [0, 0.05) is 13.1 Å². The molecule has 1 aliphatic heterocycles. The third-order valence-corrected chi connectivity index (χ3v) is 3.89. The molecule has 0 unspecified atom stereocenters. The maximum atomic E-state index is 11.1. The largest absolute Gasteiger partial charge is 0.392 e. The minimum absolute atomic E-state index is 0.163. The second-order valence-electron chi connectivity index (χ2n) is 3.62. The summed E-state index contributed by atoms with van der Waals surface area (Å²) in [5, 5.41) is 9.23. The lowest BCUT2D eigenvalue weighted by atomic mass is 10.3. The Hall–Kier alpha value is -0.170. The first-order valence-corrected chi connectivity index (χ1v) is 6.50. The Kier molecular flexibility index (Phi) is 4.31. The summed E-state index contributed by atoms with van der Waals surface area (Å²) >= 11 is 0. The molecule has 1 atom stereocenters. The number of β-amino-alcohol motifs (C(OH)–C–C–N with tert-alkyl or cyclic N) is 1. The first kappa shape index (κ1) is 11.9. The fourth-order valence-corrected chi connectivity index (χ4v) is 2.31. The molecule has 0 aromatic heterocycles. The van der Waals surface area contributed by atoms with Crippen molar-refractivity contribution in [1.82, 2.24) is 9.62 Å². The van der Waals surface area contributed by atoms with E-state index in [9.17, 15) is 13.5 Å². The van der Waals surface area contributed by atoms with E-state index in [-0.39, 0.29) is 11.9 Å². The van der Waals surface area contributed by atoms with Crippen molar-refractivity contribution in [1.29, 1.82) is 0 Å². The number of nitrogens with one attached hydrogen (secondary N) is 1. The summed E-state index contributed by atoms with van der Waals surface area (Å²) in [5.41, 5.74) is 0. The lowest BCUT2D eigenvalue weighted by Crippen LogP contribution is -2.27. The summed E-state index contributed by atoms with van der Waals surface area (Å²) in [6.45, 7) is 2.30. The molecule has 0 bridgehead atoms. The number of hydrogen-bond donors (Lipinski definition) is 2. The molecule has 1 fully saturated rings. The molecule has 1 heterocycles. The smallest absolute Gasteiger partial charge is 0.211 e. The Morgan fingerprint density at radius 3 is 2.79 bits per heavy atom. The highest BCUT2D eigenvalue weighted by Crippen LogP contribution is 2.08. The molecular weight excluding hydrogens is 204 g/mol. The number of nitrogens with zero attached hydrogens (tertiary/aromatic N) is 1. The Morgan fingerprint density at radius 1 is 1.57 bits per heavy atom. The fraction of sp³-hybridized carbons (Fsp3) is 1.00. The Balaban J connectivity index is 2.16. The van der Waals surface area contributed by atoms with Gasteiger partial charge >= 0.3 is 0 Å². The molecular formula is C8H18N2O3S. The lowest BCUT2D eigenvalue weighted by molar-refractivity contribution is 0.176. The molecule has 5 nitrogen and oxygen atoms in total. The van der Waals surface area contributed by atoms with Crippen molar-refractivity contribution in [3.05, 3.63) is 0 Å². The molecule has 2 N–H and O–H groups in total. The number of hydrogen-bond acceptors (Lipinski definition) is 4. The Morgan fingerprint density at radius 2 is 2.29 bits per heavy atom. The number of likely N-dealkylation sites (tertiary alicyclic amines) is 1. The summed E-state index contributed by atoms with van der Waals surface area (Å²) in [6.07, 6.45) is 1.20. The van der Waals surface area contributed by atoms with Crippen molar-refractivity contribution in [3.63, 3.8) is 0 Å². The number of rotatable bonds is 5. The molecule has 0 saturated carbocycles. The van der Waals surface area contributed by atoms with Gasteiger partial charge in [0.2, 0.25) is 10.0 Å². The Bertz CT molecular complexity index is 266. The molecule has 0 radical (unpaired) electrons. The van der Waals surface area contributed by atoms with Crippen LogP contribution in [0.25, 0.3) is 0 Å². The number of aliphatic hydroxyl groups excluding tert-OH is 1. The minimum Gasteiger partial charge on any atom is -0.392 e. The molecule has 0 amide bonds. The zero-order chi connectivity index (χ0) is 10.6. The summed E-state index contributed by atoms with van der Waals surface area (Å²) in [6, 6.07) is 0. The van der Waals surface area contributed by atoms with Gasteiger partial charge in [-0.1, -0.05) is 0 Å². The number of sulfonamides is 1. The topological polar surface area (TPSA) is 69.6 Å². The van der Waals surface area contributed by atoms with Gasteiger partial charge in [-0.05, 0) is 26.4 Å². The third-order valence-electron chi connectivity index (χ3n) is 2.45. The molecule has 0 spiro atoms. The van der Waals surface area contributed by atoms with Gasteiger partial charge in [0.25, 0.3) is 0 Å². The van der Waals surface area contributed by atoms with E-state index in [0.717, 1.165) is 19.5 Å².